The van der Waals surface area contributed by atoms with Crippen molar-refractivity contribution < 1.29 is 13.2 Å². The van der Waals surface area contributed by atoms with Gasteiger partial charge in [-0.2, -0.15) is 4.31 Å². The second-order valence-corrected chi connectivity index (χ2v) is 8.36. The van der Waals surface area contributed by atoms with Crippen molar-refractivity contribution in [3.63, 3.8) is 0 Å². The van der Waals surface area contributed by atoms with Crippen molar-refractivity contribution in [2.75, 3.05) is 13.1 Å². The first-order chi connectivity index (χ1) is 12.0. The highest BCUT2D eigenvalue weighted by Crippen LogP contribution is 2.35. The van der Waals surface area contributed by atoms with Gasteiger partial charge in [0.25, 0.3) is 0 Å². The fraction of sp³-hybridized carbons (Fsp3) is 0.200. The van der Waals surface area contributed by atoms with E-state index in [0.717, 1.165) is 22.5 Å². The molecule has 0 aromatic heterocycles. The monoisotopic (exact) mass is 353 g/mol. The summed E-state index contributed by atoms with van der Waals surface area (Å²) >= 11 is 0. The molecule has 2 aliphatic heterocycles. The molecule has 0 amide bonds. The molecule has 2 aromatic carbocycles. The van der Waals surface area contributed by atoms with Crippen LogP contribution in [0.5, 0.6) is 0 Å². The molecule has 2 aliphatic rings. The van der Waals surface area contributed by atoms with Gasteiger partial charge in [-0.15, -0.1) is 0 Å². The van der Waals surface area contributed by atoms with Crippen LogP contribution in [0.4, 0.5) is 0 Å². The average molecular weight is 353 g/mol. The zero-order valence-electron chi connectivity index (χ0n) is 13.9. The van der Waals surface area contributed by atoms with E-state index >= 15 is 0 Å². The Balaban J connectivity index is 1.59. The first-order valence-corrected chi connectivity index (χ1v) is 9.68. The summed E-state index contributed by atoms with van der Waals surface area (Å²) in [6.07, 6.45) is 3.73. The standard InChI is InChI=1S/C20H19NO3S/c1-15-7-9-19(10-8-15)25(22,23)21-12-17-11-20(24-14-18(17)13-21)16-5-3-2-4-6-16/h2-11,14,17H,12-13H2,1H3. The Labute approximate surface area is 148 Å². The predicted octanol–water partition coefficient (Wildman–Crippen LogP) is 3.57. The van der Waals surface area contributed by atoms with Crippen LogP contribution in [0.2, 0.25) is 0 Å². The molecule has 2 aromatic rings. The molecule has 5 heteroatoms. The Kier molecular flexibility index (Phi) is 3.98. The van der Waals surface area contributed by atoms with E-state index in [1.807, 2.05) is 55.5 Å². The van der Waals surface area contributed by atoms with Crippen molar-refractivity contribution in [3.8, 4) is 0 Å². The number of nitrogens with zero attached hydrogens (tertiary/aromatic N) is 1. The number of rotatable bonds is 3. The van der Waals surface area contributed by atoms with E-state index in [1.54, 1.807) is 18.4 Å². The Bertz CT molecular complexity index is 944. The molecule has 1 atom stereocenters. The van der Waals surface area contributed by atoms with E-state index in [1.165, 1.54) is 4.31 Å². The largest absolute Gasteiger partial charge is 0.465 e. The first-order valence-electron chi connectivity index (χ1n) is 8.24. The fourth-order valence-corrected chi connectivity index (χ4v) is 4.63. The van der Waals surface area contributed by atoms with Crippen LogP contribution in [0.15, 0.2) is 77.4 Å². The van der Waals surface area contributed by atoms with E-state index < -0.39 is 10.0 Å². The van der Waals surface area contributed by atoms with Gasteiger partial charge in [-0.05, 0) is 30.7 Å². The van der Waals surface area contributed by atoms with Crippen LogP contribution in [-0.2, 0) is 14.8 Å². The third-order valence-electron chi connectivity index (χ3n) is 4.64. The van der Waals surface area contributed by atoms with Gasteiger partial charge in [-0.3, -0.25) is 0 Å². The van der Waals surface area contributed by atoms with Crippen LogP contribution in [0.25, 0.3) is 5.76 Å². The van der Waals surface area contributed by atoms with E-state index in [2.05, 4.69) is 0 Å². The topological polar surface area (TPSA) is 46.6 Å². The molecule has 0 radical (unpaired) electrons. The minimum absolute atomic E-state index is 0.0594. The lowest BCUT2D eigenvalue weighted by atomic mass is 9.99. The van der Waals surface area contributed by atoms with Gasteiger partial charge in [0.2, 0.25) is 10.0 Å². The van der Waals surface area contributed by atoms with E-state index in [9.17, 15) is 8.42 Å². The van der Waals surface area contributed by atoms with Gasteiger partial charge in [0, 0.05) is 24.6 Å². The van der Waals surface area contributed by atoms with Crippen LogP contribution in [0.3, 0.4) is 0 Å². The molecule has 1 saturated heterocycles. The molecule has 0 bridgehead atoms. The minimum atomic E-state index is -3.49. The number of ether oxygens (including phenoxy) is 1. The Hall–Kier alpha value is -2.37. The Morgan fingerprint density at radius 3 is 2.48 bits per heavy atom. The highest BCUT2D eigenvalue weighted by atomic mass is 32.2. The Morgan fingerprint density at radius 2 is 1.76 bits per heavy atom. The quantitative estimate of drug-likeness (QED) is 0.847. The maximum atomic E-state index is 12.9. The molecule has 4 nitrogen and oxygen atoms in total. The van der Waals surface area contributed by atoms with Gasteiger partial charge < -0.3 is 4.74 Å². The molecular formula is C20H19NO3S. The van der Waals surface area contributed by atoms with Crippen molar-refractivity contribution in [1.29, 1.82) is 0 Å². The summed E-state index contributed by atoms with van der Waals surface area (Å²) in [6.45, 7) is 2.76. The third-order valence-corrected chi connectivity index (χ3v) is 6.47. The third kappa shape index (κ3) is 3.01. The van der Waals surface area contributed by atoms with Crippen molar-refractivity contribution in [3.05, 3.63) is 83.6 Å². The summed E-state index contributed by atoms with van der Waals surface area (Å²) in [7, 11) is -3.49. The highest BCUT2D eigenvalue weighted by molar-refractivity contribution is 7.89. The van der Waals surface area contributed by atoms with Gasteiger partial charge >= 0.3 is 0 Å². The lowest BCUT2D eigenvalue weighted by molar-refractivity contribution is 0.413. The molecule has 0 N–H and O–H groups in total. The second-order valence-electron chi connectivity index (χ2n) is 6.42. The van der Waals surface area contributed by atoms with Gasteiger partial charge in [0.1, 0.15) is 5.76 Å². The predicted molar refractivity (Wildman–Crippen MR) is 97.0 cm³/mol. The maximum Gasteiger partial charge on any atom is 0.243 e. The molecule has 25 heavy (non-hydrogen) atoms. The fourth-order valence-electron chi connectivity index (χ4n) is 3.18. The van der Waals surface area contributed by atoms with E-state index in [4.69, 9.17) is 4.74 Å². The van der Waals surface area contributed by atoms with Crippen LogP contribution in [0, 0.1) is 12.8 Å². The molecule has 128 valence electrons. The number of hydrogen-bond donors (Lipinski definition) is 0. The van der Waals surface area contributed by atoms with Gasteiger partial charge in [0.15, 0.2) is 0 Å². The number of sulfonamides is 1. The number of aryl methyl sites for hydroxylation is 1. The Morgan fingerprint density at radius 1 is 1.04 bits per heavy atom. The van der Waals surface area contributed by atoms with Crippen LogP contribution in [-0.4, -0.2) is 25.8 Å². The van der Waals surface area contributed by atoms with Crippen LogP contribution >= 0.6 is 0 Å². The molecule has 2 heterocycles. The summed E-state index contributed by atoms with van der Waals surface area (Å²) in [5, 5.41) is 0. The molecule has 0 spiro atoms. The molecular weight excluding hydrogens is 334 g/mol. The van der Waals surface area contributed by atoms with Gasteiger partial charge in [-0.25, -0.2) is 8.42 Å². The summed E-state index contributed by atoms with van der Waals surface area (Å²) in [5.74, 6) is 0.841. The molecule has 1 fully saturated rings. The first kappa shape index (κ1) is 16.1. The molecule has 0 aliphatic carbocycles. The van der Waals surface area contributed by atoms with Crippen LogP contribution in [0.1, 0.15) is 11.1 Å². The lowest BCUT2D eigenvalue weighted by Gasteiger charge is -2.17. The highest BCUT2D eigenvalue weighted by Gasteiger charge is 2.36. The summed E-state index contributed by atoms with van der Waals surface area (Å²) in [4.78, 5) is 0.338. The van der Waals surface area contributed by atoms with Crippen molar-refractivity contribution in [2.45, 2.75) is 11.8 Å². The van der Waals surface area contributed by atoms with Gasteiger partial charge in [0.05, 0.1) is 11.2 Å². The summed E-state index contributed by atoms with van der Waals surface area (Å²) < 4.78 is 33.0. The van der Waals surface area contributed by atoms with Crippen molar-refractivity contribution in [1.82, 2.24) is 4.31 Å². The van der Waals surface area contributed by atoms with E-state index in [-0.39, 0.29) is 5.92 Å². The van der Waals surface area contributed by atoms with Gasteiger partial charge in [-0.1, -0.05) is 48.0 Å². The van der Waals surface area contributed by atoms with Crippen LogP contribution < -0.4 is 0 Å². The SMILES string of the molecule is Cc1ccc(S(=O)(=O)N2CC3=COC(c4ccccc4)=CC3C2)cc1. The average Bonchev–Trinajstić information content (AvgIpc) is 3.07. The summed E-state index contributed by atoms with van der Waals surface area (Å²) in [6, 6.07) is 16.8. The lowest BCUT2D eigenvalue weighted by Crippen LogP contribution is -2.28. The maximum absolute atomic E-state index is 12.9. The van der Waals surface area contributed by atoms with Crippen molar-refractivity contribution in [2.24, 2.45) is 5.92 Å². The summed E-state index contributed by atoms with van der Waals surface area (Å²) in [5.41, 5.74) is 3.04. The van der Waals surface area contributed by atoms with E-state index in [0.29, 0.717) is 18.0 Å². The number of fused-ring (bicyclic) bond motifs is 1. The zero-order chi connectivity index (χ0) is 17.4. The molecule has 0 saturated carbocycles. The molecule has 1 unspecified atom stereocenters. The molecule has 4 rings (SSSR count). The number of hydrogen-bond acceptors (Lipinski definition) is 3. The van der Waals surface area contributed by atoms with Crippen molar-refractivity contribution >= 4 is 15.8 Å². The normalized spacial score (nSPS) is 20.4. The second kappa shape index (κ2) is 6.17. The minimum Gasteiger partial charge on any atom is -0.465 e. The number of benzene rings is 2. The smallest absolute Gasteiger partial charge is 0.243 e. The zero-order valence-corrected chi connectivity index (χ0v) is 14.7.